The second-order valence-electron chi connectivity index (χ2n) is 8.58. The van der Waals surface area contributed by atoms with Crippen molar-refractivity contribution in [3.63, 3.8) is 0 Å². The fraction of sp³-hybridized carbons (Fsp3) is 0.222. The maximum absolute atomic E-state index is 12.7. The number of amides is 3. The van der Waals surface area contributed by atoms with E-state index in [1.165, 1.54) is 23.3 Å². The Kier molecular flexibility index (Phi) is 5.75. The fourth-order valence-electron chi connectivity index (χ4n) is 4.48. The average molecular weight is 440 g/mol. The number of fused-ring (bicyclic) bond motifs is 1. The number of anilines is 1. The molecule has 0 aliphatic carbocycles. The second kappa shape index (κ2) is 9.00. The van der Waals surface area contributed by atoms with E-state index in [1.807, 2.05) is 18.2 Å². The lowest BCUT2D eigenvalue weighted by atomic mass is 10.1. The van der Waals surface area contributed by atoms with Crippen LogP contribution in [0.5, 0.6) is 0 Å². The van der Waals surface area contributed by atoms with Crippen molar-refractivity contribution in [3.8, 4) is 0 Å². The number of nitrogens with zero attached hydrogens (tertiary/aromatic N) is 2. The second-order valence-corrected chi connectivity index (χ2v) is 8.58. The van der Waals surface area contributed by atoms with E-state index in [0.717, 1.165) is 30.9 Å². The van der Waals surface area contributed by atoms with Crippen LogP contribution in [-0.4, -0.2) is 40.6 Å². The van der Waals surface area contributed by atoms with Gasteiger partial charge in [0, 0.05) is 17.8 Å². The summed E-state index contributed by atoms with van der Waals surface area (Å²) in [7, 11) is 0. The van der Waals surface area contributed by atoms with Crippen LogP contribution in [0, 0.1) is 0 Å². The summed E-state index contributed by atoms with van der Waals surface area (Å²) in [5, 5.41) is 2.97. The van der Waals surface area contributed by atoms with Crippen LogP contribution in [0.15, 0.2) is 72.8 Å². The monoisotopic (exact) mass is 439 g/mol. The van der Waals surface area contributed by atoms with Crippen molar-refractivity contribution < 1.29 is 14.4 Å². The van der Waals surface area contributed by atoms with Crippen LogP contribution in [0.4, 0.5) is 5.69 Å². The molecular formula is C27H25N3O3. The molecule has 5 rings (SSSR count). The van der Waals surface area contributed by atoms with E-state index in [0.29, 0.717) is 16.7 Å². The minimum Gasteiger partial charge on any atom is -0.322 e. The predicted molar refractivity (Wildman–Crippen MR) is 126 cm³/mol. The van der Waals surface area contributed by atoms with Gasteiger partial charge in [0.05, 0.1) is 17.7 Å². The molecule has 166 valence electrons. The number of nitrogens with one attached hydrogen (secondary N) is 1. The van der Waals surface area contributed by atoms with Crippen molar-refractivity contribution in [2.24, 2.45) is 0 Å². The smallest absolute Gasteiger partial charge is 0.261 e. The number of benzene rings is 3. The largest absolute Gasteiger partial charge is 0.322 e. The van der Waals surface area contributed by atoms with Crippen molar-refractivity contribution >= 4 is 23.4 Å². The molecule has 3 aromatic rings. The number of hydrogen-bond acceptors (Lipinski definition) is 4. The number of hydrogen-bond donors (Lipinski definition) is 1. The number of carbonyl (C=O) groups excluding carboxylic acids is 3. The molecule has 0 saturated carbocycles. The van der Waals surface area contributed by atoms with E-state index in [1.54, 1.807) is 48.5 Å². The Bertz CT molecular complexity index is 1180. The molecule has 2 heterocycles. The van der Waals surface area contributed by atoms with Gasteiger partial charge in [0.2, 0.25) is 0 Å². The van der Waals surface area contributed by atoms with Crippen LogP contribution >= 0.6 is 0 Å². The summed E-state index contributed by atoms with van der Waals surface area (Å²) >= 11 is 0. The SMILES string of the molecule is O=C(Nc1cccc(CN2CCCC2)c1)c1ccc(CN2C(=O)c3ccccc3C2=O)cc1. The molecule has 6 nitrogen and oxygen atoms in total. The lowest BCUT2D eigenvalue weighted by Crippen LogP contribution is -2.29. The van der Waals surface area contributed by atoms with Crippen LogP contribution < -0.4 is 5.32 Å². The summed E-state index contributed by atoms with van der Waals surface area (Å²) in [6, 6.07) is 21.8. The zero-order valence-electron chi connectivity index (χ0n) is 18.3. The molecule has 2 aliphatic heterocycles. The van der Waals surface area contributed by atoms with E-state index in [2.05, 4.69) is 16.3 Å². The van der Waals surface area contributed by atoms with Crippen LogP contribution in [-0.2, 0) is 13.1 Å². The van der Waals surface area contributed by atoms with Crippen molar-refractivity contribution in [3.05, 3.63) is 101 Å². The van der Waals surface area contributed by atoms with Gasteiger partial charge in [-0.2, -0.15) is 0 Å². The van der Waals surface area contributed by atoms with Crippen molar-refractivity contribution in [2.75, 3.05) is 18.4 Å². The maximum Gasteiger partial charge on any atom is 0.261 e. The molecule has 0 aromatic heterocycles. The first-order chi connectivity index (χ1) is 16.1. The van der Waals surface area contributed by atoms with Crippen LogP contribution in [0.1, 0.15) is 55.0 Å². The van der Waals surface area contributed by atoms with E-state index in [-0.39, 0.29) is 24.3 Å². The molecule has 2 aliphatic rings. The highest BCUT2D eigenvalue weighted by molar-refractivity contribution is 6.21. The number of rotatable bonds is 6. The zero-order valence-corrected chi connectivity index (χ0v) is 18.3. The molecule has 33 heavy (non-hydrogen) atoms. The summed E-state index contributed by atoms with van der Waals surface area (Å²) in [4.78, 5) is 41.5. The van der Waals surface area contributed by atoms with Crippen molar-refractivity contribution in [2.45, 2.75) is 25.9 Å². The molecule has 3 amide bonds. The first-order valence-corrected chi connectivity index (χ1v) is 11.3. The Hall–Kier alpha value is -3.77. The van der Waals surface area contributed by atoms with Gasteiger partial charge in [-0.05, 0) is 73.5 Å². The first-order valence-electron chi connectivity index (χ1n) is 11.3. The predicted octanol–water partition coefficient (Wildman–Crippen LogP) is 4.33. The highest BCUT2D eigenvalue weighted by atomic mass is 16.2. The fourth-order valence-corrected chi connectivity index (χ4v) is 4.48. The average Bonchev–Trinajstić information content (AvgIpc) is 3.43. The number of imide groups is 1. The Morgan fingerprint density at radius 3 is 2.09 bits per heavy atom. The molecule has 1 fully saturated rings. The number of likely N-dealkylation sites (tertiary alicyclic amines) is 1. The van der Waals surface area contributed by atoms with Gasteiger partial charge in [-0.3, -0.25) is 24.2 Å². The van der Waals surface area contributed by atoms with Crippen LogP contribution in [0.2, 0.25) is 0 Å². The summed E-state index contributed by atoms with van der Waals surface area (Å²) in [6.45, 7) is 3.33. The molecule has 0 unspecified atom stereocenters. The summed E-state index contributed by atoms with van der Waals surface area (Å²) in [6.07, 6.45) is 2.50. The van der Waals surface area contributed by atoms with E-state index in [4.69, 9.17) is 0 Å². The number of carbonyl (C=O) groups is 3. The van der Waals surface area contributed by atoms with E-state index in [9.17, 15) is 14.4 Å². The molecular weight excluding hydrogens is 414 g/mol. The van der Waals surface area contributed by atoms with Gasteiger partial charge >= 0.3 is 0 Å². The van der Waals surface area contributed by atoms with Gasteiger partial charge in [0.1, 0.15) is 0 Å². The first kappa shape index (κ1) is 21.1. The third-order valence-electron chi connectivity index (χ3n) is 6.22. The Morgan fingerprint density at radius 2 is 1.42 bits per heavy atom. The van der Waals surface area contributed by atoms with Gasteiger partial charge in [-0.25, -0.2) is 0 Å². The summed E-state index contributed by atoms with van der Waals surface area (Å²) < 4.78 is 0. The third-order valence-corrected chi connectivity index (χ3v) is 6.22. The maximum atomic E-state index is 12.7. The molecule has 1 N–H and O–H groups in total. The molecule has 1 saturated heterocycles. The molecule has 0 radical (unpaired) electrons. The topological polar surface area (TPSA) is 69.7 Å². The van der Waals surface area contributed by atoms with Gasteiger partial charge < -0.3 is 5.32 Å². The molecule has 0 spiro atoms. The lowest BCUT2D eigenvalue weighted by Gasteiger charge is -2.15. The lowest BCUT2D eigenvalue weighted by molar-refractivity contribution is 0.0642. The highest BCUT2D eigenvalue weighted by Crippen LogP contribution is 2.24. The Labute approximate surface area is 192 Å². The summed E-state index contributed by atoms with van der Waals surface area (Å²) in [5.74, 6) is -0.766. The normalized spacial score (nSPS) is 15.7. The standard InChI is InChI=1S/C27H25N3O3/c31-25(28-22-7-5-6-20(16-22)17-29-14-3-4-15-29)21-12-10-19(11-13-21)18-30-26(32)23-8-1-2-9-24(23)27(30)33/h1-2,5-13,16H,3-4,14-15,17-18H2,(H,28,31). The Balaban J connectivity index is 1.22. The quantitative estimate of drug-likeness (QED) is 0.581. The molecule has 0 atom stereocenters. The third kappa shape index (κ3) is 4.43. The van der Waals surface area contributed by atoms with Gasteiger partial charge in [0.25, 0.3) is 17.7 Å². The minimum atomic E-state index is -0.286. The zero-order chi connectivity index (χ0) is 22.8. The molecule has 3 aromatic carbocycles. The van der Waals surface area contributed by atoms with Gasteiger partial charge in [0.15, 0.2) is 0 Å². The Morgan fingerprint density at radius 1 is 0.758 bits per heavy atom. The van der Waals surface area contributed by atoms with Crippen molar-refractivity contribution in [1.29, 1.82) is 0 Å². The van der Waals surface area contributed by atoms with E-state index < -0.39 is 0 Å². The van der Waals surface area contributed by atoms with Gasteiger partial charge in [-0.1, -0.05) is 36.4 Å². The van der Waals surface area contributed by atoms with Gasteiger partial charge in [-0.15, -0.1) is 0 Å². The van der Waals surface area contributed by atoms with Crippen LogP contribution in [0.25, 0.3) is 0 Å². The minimum absolute atomic E-state index is 0.173. The van der Waals surface area contributed by atoms with Crippen LogP contribution in [0.3, 0.4) is 0 Å². The van der Waals surface area contributed by atoms with Crippen molar-refractivity contribution in [1.82, 2.24) is 9.80 Å². The highest BCUT2D eigenvalue weighted by Gasteiger charge is 2.34. The molecule has 0 bridgehead atoms. The van der Waals surface area contributed by atoms with E-state index >= 15 is 0 Å². The molecule has 6 heteroatoms. The summed E-state index contributed by atoms with van der Waals surface area (Å²) in [5.41, 5.74) is 4.13.